The maximum atomic E-state index is 13.9. The smallest absolute Gasteiger partial charge is 0.146 e. The van der Waals surface area contributed by atoms with Crippen molar-refractivity contribution in [2.45, 2.75) is 84.8 Å². The molecule has 3 aliphatic carbocycles. The highest BCUT2D eigenvalue weighted by atomic mass is 16.7. The number of carbonyl (C=O) groups is 2. The van der Waals surface area contributed by atoms with Gasteiger partial charge in [-0.1, -0.05) is 27.7 Å². The van der Waals surface area contributed by atoms with E-state index in [-0.39, 0.29) is 35.7 Å². The molecule has 3 fully saturated rings. The van der Waals surface area contributed by atoms with Gasteiger partial charge in [-0.25, -0.2) is 0 Å². The molecule has 0 aromatic carbocycles. The Kier molecular flexibility index (Phi) is 6.63. The van der Waals surface area contributed by atoms with Crippen LogP contribution in [0.2, 0.25) is 0 Å². The van der Waals surface area contributed by atoms with Crippen LogP contribution in [0, 0.1) is 34.0 Å². The molecular weight excluding hydrogens is 368 g/mol. The first-order valence-electron chi connectivity index (χ1n) is 11.3. The molecule has 0 radical (unpaired) electrons. The third-order valence-corrected chi connectivity index (χ3v) is 9.34. The second-order valence-electron chi connectivity index (χ2n) is 10.4. The van der Waals surface area contributed by atoms with Crippen molar-refractivity contribution >= 4 is 12.1 Å². The fourth-order valence-corrected chi connectivity index (χ4v) is 7.49. The number of ketones is 1. The van der Waals surface area contributed by atoms with Crippen molar-refractivity contribution in [3.63, 3.8) is 0 Å². The maximum Gasteiger partial charge on any atom is 0.146 e. The van der Waals surface area contributed by atoms with Crippen molar-refractivity contribution < 1.29 is 23.8 Å². The molecule has 3 saturated carbocycles. The van der Waals surface area contributed by atoms with Crippen LogP contribution in [0.5, 0.6) is 0 Å². The summed E-state index contributed by atoms with van der Waals surface area (Å²) in [5, 5.41) is 0. The Bertz CT molecular complexity index is 620. The molecule has 0 aromatic rings. The first-order valence-corrected chi connectivity index (χ1v) is 11.3. The van der Waals surface area contributed by atoms with Crippen molar-refractivity contribution in [2.24, 2.45) is 34.0 Å². The van der Waals surface area contributed by atoms with Crippen molar-refractivity contribution in [2.75, 3.05) is 21.0 Å². The van der Waals surface area contributed by atoms with Gasteiger partial charge in [0.05, 0.1) is 12.2 Å². The van der Waals surface area contributed by atoms with Gasteiger partial charge in [0.2, 0.25) is 0 Å². The van der Waals surface area contributed by atoms with E-state index in [4.69, 9.17) is 14.2 Å². The van der Waals surface area contributed by atoms with Crippen molar-refractivity contribution in [1.29, 1.82) is 0 Å². The monoisotopic (exact) mass is 408 g/mol. The van der Waals surface area contributed by atoms with Gasteiger partial charge in [0.1, 0.15) is 18.9 Å². The van der Waals surface area contributed by atoms with Crippen molar-refractivity contribution in [3.8, 4) is 0 Å². The summed E-state index contributed by atoms with van der Waals surface area (Å²) in [6.45, 7) is 9.14. The van der Waals surface area contributed by atoms with Crippen LogP contribution in [0.25, 0.3) is 0 Å². The Balaban J connectivity index is 2.16. The van der Waals surface area contributed by atoms with Crippen molar-refractivity contribution in [3.05, 3.63) is 0 Å². The summed E-state index contributed by atoms with van der Waals surface area (Å²) < 4.78 is 17.7. The molecule has 5 heteroatoms. The van der Waals surface area contributed by atoms with E-state index in [2.05, 4.69) is 27.7 Å². The standard InChI is InChI=1S/C24H40O5/c1-16-8-11-24-12-9-18(28-6)20(24)23(16,4)19(29-15-27-5)14-22(3,10-7-13-25)21(26)17(24)2/h13,16-20H,7-12,14-15H2,1-6H3/t16-,17+,18-,19?,20?,22-,23+,24?/m1/s1. The Labute approximate surface area is 176 Å². The highest BCUT2D eigenvalue weighted by molar-refractivity contribution is 5.87. The summed E-state index contributed by atoms with van der Waals surface area (Å²) in [7, 11) is 3.46. The Morgan fingerprint density at radius 2 is 1.83 bits per heavy atom. The maximum absolute atomic E-state index is 13.9. The van der Waals surface area contributed by atoms with Gasteiger partial charge < -0.3 is 19.0 Å². The third kappa shape index (κ3) is 3.41. The summed E-state index contributed by atoms with van der Waals surface area (Å²) in [5.41, 5.74) is -0.706. The Morgan fingerprint density at radius 3 is 2.45 bits per heavy atom. The molecule has 0 aromatic heterocycles. The fraction of sp³-hybridized carbons (Fsp3) is 0.917. The molecule has 0 aliphatic heterocycles. The normalized spacial score (nSPS) is 47.4. The fourth-order valence-electron chi connectivity index (χ4n) is 7.49. The first kappa shape index (κ1) is 22.9. The number of rotatable bonds is 7. The minimum atomic E-state index is -0.555. The van der Waals surface area contributed by atoms with Gasteiger partial charge >= 0.3 is 0 Å². The van der Waals surface area contributed by atoms with E-state index in [1.54, 1.807) is 7.11 Å². The summed E-state index contributed by atoms with van der Waals surface area (Å²) in [6.07, 6.45) is 6.85. The van der Waals surface area contributed by atoms with Crippen LogP contribution in [0.3, 0.4) is 0 Å². The van der Waals surface area contributed by atoms with Crippen LogP contribution in [0.4, 0.5) is 0 Å². The van der Waals surface area contributed by atoms with Crippen LogP contribution in [-0.2, 0) is 23.8 Å². The predicted octanol–water partition coefficient (Wildman–Crippen LogP) is 4.42. The molecule has 0 N–H and O–H groups in total. The molecule has 3 aliphatic rings. The molecule has 0 heterocycles. The van der Waals surface area contributed by atoms with Crippen molar-refractivity contribution in [1.82, 2.24) is 0 Å². The lowest BCUT2D eigenvalue weighted by molar-refractivity contribution is -0.220. The number of hydrogen-bond acceptors (Lipinski definition) is 5. The summed E-state index contributed by atoms with van der Waals surface area (Å²) in [4.78, 5) is 25.1. The van der Waals surface area contributed by atoms with Crippen LogP contribution >= 0.6 is 0 Å². The summed E-state index contributed by atoms with van der Waals surface area (Å²) in [5.74, 6) is 1.04. The molecule has 0 amide bonds. The topological polar surface area (TPSA) is 61.8 Å². The number of hydrogen-bond donors (Lipinski definition) is 0. The second-order valence-corrected chi connectivity index (χ2v) is 10.4. The van der Waals surface area contributed by atoms with Gasteiger partial charge in [-0.15, -0.1) is 0 Å². The first-order chi connectivity index (χ1) is 13.7. The largest absolute Gasteiger partial charge is 0.381 e. The number of aldehydes is 1. The van der Waals surface area contributed by atoms with E-state index in [9.17, 15) is 9.59 Å². The zero-order valence-corrected chi connectivity index (χ0v) is 19.2. The molecule has 166 valence electrons. The Hall–Kier alpha value is -0.780. The second kappa shape index (κ2) is 8.39. The quantitative estimate of drug-likeness (QED) is 0.461. The highest BCUT2D eigenvalue weighted by Gasteiger charge is 2.68. The zero-order valence-electron chi connectivity index (χ0n) is 19.2. The van der Waals surface area contributed by atoms with E-state index in [1.807, 2.05) is 7.11 Å². The molecule has 3 rings (SSSR count). The molecule has 2 bridgehead atoms. The number of Topliss-reactive ketones (excluding diaryl/α,β-unsaturated/α-hetero) is 1. The lowest BCUT2D eigenvalue weighted by atomic mass is 9.43. The summed E-state index contributed by atoms with van der Waals surface area (Å²) >= 11 is 0. The molecular formula is C24H40O5. The van der Waals surface area contributed by atoms with E-state index >= 15 is 0 Å². The SMILES string of the molecule is COCOC1C[C@@](C)(CCC=O)C(=O)[C@H](C)C23CC[C@@H](C)[C@]1(C)C2[C@H](OC)CC3. The van der Waals surface area contributed by atoms with Gasteiger partial charge in [0, 0.05) is 37.4 Å². The lowest BCUT2D eigenvalue weighted by Gasteiger charge is -2.62. The van der Waals surface area contributed by atoms with E-state index in [0.29, 0.717) is 36.9 Å². The van der Waals surface area contributed by atoms with Crippen LogP contribution < -0.4 is 0 Å². The van der Waals surface area contributed by atoms with Gasteiger partial charge in [-0.05, 0) is 55.8 Å². The Morgan fingerprint density at radius 1 is 1.14 bits per heavy atom. The molecule has 3 unspecified atom stereocenters. The molecule has 5 nitrogen and oxygen atoms in total. The van der Waals surface area contributed by atoms with E-state index in [1.165, 1.54) is 0 Å². The van der Waals surface area contributed by atoms with Crippen LogP contribution in [0.15, 0.2) is 0 Å². The van der Waals surface area contributed by atoms with Gasteiger partial charge in [0.25, 0.3) is 0 Å². The molecule has 29 heavy (non-hydrogen) atoms. The minimum Gasteiger partial charge on any atom is -0.381 e. The number of methoxy groups -OCH3 is 2. The zero-order chi connectivity index (χ0) is 21.4. The average molecular weight is 409 g/mol. The van der Waals surface area contributed by atoms with Gasteiger partial charge in [0.15, 0.2) is 0 Å². The third-order valence-electron chi connectivity index (χ3n) is 9.34. The number of ether oxygens (including phenoxy) is 3. The molecule has 0 saturated heterocycles. The highest BCUT2D eigenvalue weighted by Crippen LogP contribution is 2.68. The predicted molar refractivity (Wildman–Crippen MR) is 111 cm³/mol. The number of carbonyl (C=O) groups excluding carboxylic acids is 2. The van der Waals surface area contributed by atoms with Gasteiger partial charge in [-0.2, -0.15) is 0 Å². The average Bonchev–Trinajstić information content (AvgIpc) is 3.11. The molecule has 8 atom stereocenters. The van der Waals surface area contributed by atoms with Crippen LogP contribution in [-0.4, -0.2) is 45.3 Å². The van der Waals surface area contributed by atoms with Crippen LogP contribution in [0.1, 0.15) is 72.6 Å². The van der Waals surface area contributed by atoms with E-state index < -0.39 is 5.41 Å². The summed E-state index contributed by atoms with van der Waals surface area (Å²) in [6, 6.07) is 0. The minimum absolute atomic E-state index is 0.0282. The lowest BCUT2D eigenvalue weighted by Crippen LogP contribution is -2.63. The van der Waals surface area contributed by atoms with Gasteiger partial charge in [-0.3, -0.25) is 4.79 Å². The van der Waals surface area contributed by atoms with E-state index in [0.717, 1.165) is 32.0 Å². The molecule has 0 spiro atoms.